The van der Waals surface area contributed by atoms with Crippen LogP contribution in [0.2, 0.25) is 0 Å². The first kappa shape index (κ1) is 57.2. The van der Waals surface area contributed by atoms with Crippen molar-refractivity contribution >= 4 is 29.2 Å². The molecule has 2 unspecified atom stereocenters. The highest BCUT2D eigenvalue weighted by atomic mass is 16.6. The van der Waals surface area contributed by atoms with Gasteiger partial charge in [0.25, 0.3) is 5.91 Å². The lowest BCUT2D eigenvalue weighted by Crippen LogP contribution is -2.62. The van der Waals surface area contributed by atoms with Crippen LogP contribution in [-0.4, -0.2) is 145 Å². The van der Waals surface area contributed by atoms with Crippen LogP contribution in [0.1, 0.15) is 126 Å². The number of hydrogen-bond acceptors (Lipinski definition) is 14. The second-order valence-corrected chi connectivity index (χ2v) is 20.1. The Bertz CT molecular complexity index is 1810. The number of esters is 1. The number of aliphatic hydroxyl groups is 3. The Morgan fingerprint density at radius 1 is 0.838 bits per heavy atom. The van der Waals surface area contributed by atoms with E-state index in [4.69, 9.17) is 28.4 Å². The number of Topliss-reactive ketones (excluding diaryl/α,β-unsaturated/α-hetero) is 3. The summed E-state index contributed by atoms with van der Waals surface area (Å²) in [7, 11) is 4.57. The zero-order chi connectivity index (χ0) is 50.3. The fraction of sp³-hybridized carbons (Fsp3) is 0.755. The van der Waals surface area contributed by atoms with Crippen molar-refractivity contribution in [3.63, 3.8) is 0 Å². The lowest BCUT2D eigenvalue weighted by Gasteiger charge is -2.40. The van der Waals surface area contributed by atoms with Crippen molar-refractivity contribution in [2.75, 3.05) is 41.1 Å². The second kappa shape index (κ2) is 27.3. The minimum atomic E-state index is -2.86. The molecule has 15 nitrogen and oxygen atoms in total. The van der Waals surface area contributed by atoms with Crippen molar-refractivity contribution in [3.05, 3.63) is 47.6 Å². The van der Waals surface area contributed by atoms with Crippen molar-refractivity contribution in [2.45, 2.75) is 180 Å². The summed E-state index contributed by atoms with van der Waals surface area (Å²) < 4.78 is 35.7. The maximum atomic E-state index is 14.7. The van der Waals surface area contributed by atoms with Gasteiger partial charge in [-0.1, -0.05) is 71.1 Å². The summed E-state index contributed by atoms with van der Waals surface area (Å²) in [6, 6.07) is -1.16. The predicted molar refractivity (Wildman–Crippen MR) is 256 cm³/mol. The van der Waals surface area contributed by atoms with E-state index in [1.807, 2.05) is 58.1 Å². The lowest BCUT2D eigenvalue weighted by molar-refractivity contribution is -0.231. The van der Waals surface area contributed by atoms with Crippen molar-refractivity contribution in [1.29, 1.82) is 0 Å². The van der Waals surface area contributed by atoms with Gasteiger partial charge >= 0.3 is 11.8 Å². The number of ketones is 3. The Morgan fingerprint density at radius 2 is 1.57 bits per heavy atom. The van der Waals surface area contributed by atoms with E-state index in [-0.39, 0.29) is 80.5 Å². The molecule has 3 heterocycles. The number of amides is 1. The fourth-order valence-electron chi connectivity index (χ4n) is 10.5. The number of rotatable bonds is 9. The van der Waals surface area contributed by atoms with Crippen LogP contribution >= 0.6 is 0 Å². The SMILES string of the molecule is CO[C@H]1CC2CC[C@@H](C)C(=O)C(O)(O2)C(=O)N2CCCC[C@H]2C(=O)O[C@H]([C@@H](C)C[C@@H]2CC[C@@H](OCCO)[C@H](OC)C2)CC(=O)[C@H](C)C=C(C)[C@@H](O)[C@@H](OC)C(=O)[C@H](C)C[C@H](C)C=CC=CC=C1C. The summed E-state index contributed by atoms with van der Waals surface area (Å²) >= 11 is 0. The maximum Gasteiger partial charge on any atom is 0.329 e. The van der Waals surface area contributed by atoms with Crippen LogP contribution in [-0.2, 0) is 52.4 Å². The monoisotopic (exact) mass is 958 g/mol. The van der Waals surface area contributed by atoms with E-state index in [1.165, 1.54) is 12.0 Å². The van der Waals surface area contributed by atoms with E-state index < -0.39 is 77.8 Å². The normalized spacial score (nSPS) is 36.7. The third-order valence-corrected chi connectivity index (χ3v) is 14.8. The van der Waals surface area contributed by atoms with Gasteiger partial charge in [0, 0.05) is 58.5 Å². The largest absolute Gasteiger partial charge is 0.460 e. The Labute approximate surface area is 405 Å². The number of piperidine rings is 1. The van der Waals surface area contributed by atoms with Crippen molar-refractivity contribution in [3.8, 4) is 0 Å². The zero-order valence-electron chi connectivity index (χ0n) is 42.4. The van der Waals surface area contributed by atoms with Crippen LogP contribution < -0.4 is 0 Å². The molecule has 2 bridgehead atoms. The number of aliphatic hydroxyl groups excluding tert-OH is 2. The molecule has 0 radical (unpaired) electrons. The quantitative estimate of drug-likeness (QED) is 0.134. The third-order valence-electron chi connectivity index (χ3n) is 14.8. The number of carbonyl (C=O) groups is 5. The van der Waals surface area contributed by atoms with Gasteiger partial charge in [0.15, 0.2) is 5.78 Å². The molecule has 0 aromatic carbocycles. The summed E-state index contributed by atoms with van der Waals surface area (Å²) in [5.41, 5.74) is 1.24. The van der Waals surface area contributed by atoms with Gasteiger partial charge in [-0.05, 0) is 107 Å². The molecule has 0 aromatic rings. The lowest BCUT2D eigenvalue weighted by atomic mass is 9.78. The number of hydrogen-bond donors (Lipinski definition) is 3. The van der Waals surface area contributed by atoms with Crippen LogP contribution in [0.15, 0.2) is 47.6 Å². The molecule has 3 fully saturated rings. The van der Waals surface area contributed by atoms with Crippen molar-refractivity contribution in [2.24, 2.45) is 35.5 Å². The van der Waals surface area contributed by atoms with Gasteiger partial charge in [0.05, 0.1) is 37.6 Å². The number of carbonyl (C=O) groups excluding carboxylic acids is 5. The topological polar surface area (TPSA) is 205 Å². The molecule has 2 saturated heterocycles. The Hall–Kier alpha value is -3.41. The first-order chi connectivity index (χ1) is 32.3. The first-order valence-electron chi connectivity index (χ1n) is 25.0. The first-order valence-corrected chi connectivity index (χ1v) is 25.0. The molecule has 3 N–H and O–H groups in total. The molecule has 0 spiro atoms. The molecular formula is C53H83NO14. The zero-order valence-corrected chi connectivity index (χ0v) is 42.4. The minimum Gasteiger partial charge on any atom is -0.460 e. The van der Waals surface area contributed by atoms with Gasteiger partial charge in [0.2, 0.25) is 5.78 Å². The van der Waals surface area contributed by atoms with Crippen LogP contribution in [0, 0.1) is 35.5 Å². The molecule has 4 rings (SSSR count). The van der Waals surface area contributed by atoms with Crippen LogP contribution in [0.4, 0.5) is 0 Å². The Balaban J connectivity index is 1.73. The van der Waals surface area contributed by atoms with Crippen molar-refractivity contribution in [1.82, 2.24) is 4.90 Å². The number of methoxy groups -OCH3 is 3. The van der Waals surface area contributed by atoms with Gasteiger partial charge in [-0.2, -0.15) is 0 Å². The van der Waals surface area contributed by atoms with E-state index in [2.05, 4.69) is 0 Å². The van der Waals surface area contributed by atoms with E-state index >= 15 is 0 Å². The molecule has 1 amide bonds. The molecule has 15 atom stereocenters. The molecule has 4 aliphatic rings. The highest BCUT2D eigenvalue weighted by Crippen LogP contribution is 2.37. The smallest absolute Gasteiger partial charge is 0.329 e. The van der Waals surface area contributed by atoms with Crippen LogP contribution in [0.3, 0.4) is 0 Å². The number of fused-ring (bicyclic) bond motifs is 3. The second-order valence-electron chi connectivity index (χ2n) is 20.1. The molecule has 3 aliphatic heterocycles. The summed E-state index contributed by atoms with van der Waals surface area (Å²) in [5, 5.41) is 33.0. The summed E-state index contributed by atoms with van der Waals surface area (Å²) in [5.74, 6) is -8.02. The van der Waals surface area contributed by atoms with Crippen LogP contribution in [0.25, 0.3) is 0 Å². The average molecular weight is 958 g/mol. The Morgan fingerprint density at radius 3 is 2.25 bits per heavy atom. The van der Waals surface area contributed by atoms with E-state index in [9.17, 15) is 39.3 Å². The van der Waals surface area contributed by atoms with Gasteiger partial charge < -0.3 is 48.6 Å². The minimum absolute atomic E-state index is 0.0112. The fourth-order valence-corrected chi connectivity index (χ4v) is 10.5. The Kier molecular flexibility index (Phi) is 22.9. The van der Waals surface area contributed by atoms with E-state index in [0.717, 1.165) is 12.0 Å². The van der Waals surface area contributed by atoms with Gasteiger partial charge in [0.1, 0.15) is 30.1 Å². The molecule has 0 aromatic heterocycles. The molecule has 1 saturated carbocycles. The third kappa shape index (κ3) is 15.3. The number of nitrogens with zero attached hydrogens (tertiary/aromatic N) is 1. The average Bonchev–Trinajstić information content (AvgIpc) is 3.43. The van der Waals surface area contributed by atoms with E-state index in [0.29, 0.717) is 56.9 Å². The molecular weight excluding hydrogens is 875 g/mol. The number of allylic oxidation sites excluding steroid dienone is 6. The summed E-state index contributed by atoms with van der Waals surface area (Å²) in [6.07, 6.45) is 11.5. The summed E-state index contributed by atoms with van der Waals surface area (Å²) in [4.78, 5) is 72.5. The maximum absolute atomic E-state index is 14.7. The molecule has 15 heteroatoms. The van der Waals surface area contributed by atoms with Gasteiger partial charge in [-0.25, -0.2) is 4.79 Å². The van der Waals surface area contributed by atoms with E-state index in [1.54, 1.807) is 41.1 Å². The standard InChI is InChI=1S/C53H83NO14/c1-32-16-12-11-13-17-33(2)44(63-8)30-40-21-19-34(3)50(59)53(62,68-40)52(61)54-23-15-14-18-41(54)51(60)67-45(36(5)28-39-20-22-43(66-25-24-55)46(29-39)64-9)31-42(56)35(4)27-38(7)48(58)49(65-10)47(57)37(6)26-32/h11-13,16-17,27,32,34-37,39-41,43-46,48-49,55,58,62H,14-15,18-26,28-31H2,1-10H3/t32-,34-,35-,36+,37-,39+,40?,41+,43-,44+,45+,46-,48-,49+,53?/m1/s1. The van der Waals surface area contributed by atoms with Gasteiger partial charge in [-0.15, -0.1) is 0 Å². The van der Waals surface area contributed by atoms with Crippen LogP contribution in [0.5, 0.6) is 0 Å². The molecule has 384 valence electrons. The predicted octanol–water partition coefficient (Wildman–Crippen LogP) is 6.20. The number of cyclic esters (lactones) is 1. The van der Waals surface area contributed by atoms with Crippen molar-refractivity contribution < 1.29 is 67.7 Å². The highest BCUT2D eigenvalue weighted by Gasteiger charge is 2.55. The number of ether oxygens (including phenoxy) is 6. The molecule has 68 heavy (non-hydrogen) atoms. The van der Waals surface area contributed by atoms with Gasteiger partial charge in [-0.3, -0.25) is 19.2 Å². The molecule has 1 aliphatic carbocycles. The summed E-state index contributed by atoms with van der Waals surface area (Å²) in [6.45, 7) is 12.8. The highest BCUT2D eigenvalue weighted by molar-refractivity contribution is 6.09.